The minimum absolute atomic E-state index is 0.198. The van der Waals surface area contributed by atoms with E-state index in [9.17, 15) is 9.59 Å². The van der Waals surface area contributed by atoms with Gasteiger partial charge in [0, 0.05) is 36.5 Å². The molecule has 5 heteroatoms. The lowest BCUT2D eigenvalue weighted by Gasteiger charge is -2.09. The van der Waals surface area contributed by atoms with Crippen molar-refractivity contribution in [3.63, 3.8) is 0 Å². The number of H-pyrrole nitrogens is 1. The Morgan fingerprint density at radius 3 is 3.05 bits per heavy atom. The van der Waals surface area contributed by atoms with E-state index >= 15 is 0 Å². The van der Waals surface area contributed by atoms with Gasteiger partial charge in [-0.25, -0.2) is 0 Å². The molecule has 1 atom stereocenters. The van der Waals surface area contributed by atoms with Gasteiger partial charge in [0.2, 0.25) is 0 Å². The zero-order valence-electron chi connectivity index (χ0n) is 11.0. The van der Waals surface area contributed by atoms with Crippen LogP contribution in [-0.2, 0) is 20.7 Å². The summed E-state index contributed by atoms with van der Waals surface area (Å²) >= 11 is 0. The number of aromatic amines is 1. The van der Waals surface area contributed by atoms with Crippen molar-refractivity contribution >= 4 is 22.8 Å². The Kier molecular flexibility index (Phi) is 3.41. The summed E-state index contributed by atoms with van der Waals surface area (Å²) in [5, 5.41) is 3.99. The largest absolute Gasteiger partial charge is 0.452 e. The highest BCUT2D eigenvalue weighted by Crippen LogP contribution is 2.18. The van der Waals surface area contributed by atoms with Crippen LogP contribution < -0.4 is 5.32 Å². The summed E-state index contributed by atoms with van der Waals surface area (Å²) in [7, 11) is 0. The number of aromatic nitrogens is 1. The van der Waals surface area contributed by atoms with E-state index in [2.05, 4.69) is 16.4 Å². The molecule has 1 aliphatic heterocycles. The van der Waals surface area contributed by atoms with Gasteiger partial charge in [-0.05, 0) is 18.1 Å². The Hall–Kier alpha value is -2.30. The number of cyclic esters (lactones) is 1. The standard InChI is InChI=1S/C15H16N2O3/c18-14-6-5-13(20-14)15(19)16-8-7-10-9-17-12-4-2-1-3-11(10)12/h1-4,9,13,17H,5-8H2,(H,16,19). The summed E-state index contributed by atoms with van der Waals surface area (Å²) in [6.45, 7) is 0.536. The van der Waals surface area contributed by atoms with Gasteiger partial charge in [-0.2, -0.15) is 0 Å². The number of carbonyl (C=O) groups is 2. The summed E-state index contributed by atoms with van der Waals surface area (Å²) in [6, 6.07) is 8.06. The number of carbonyl (C=O) groups excluding carboxylic acids is 2. The maximum Gasteiger partial charge on any atom is 0.306 e. The first-order chi connectivity index (χ1) is 9.74. The Bertz CT molecular complexity index is 647. The second kappa shape index (κ2) is 5.36. The molecule has 2 aromatic rings. The SMILES string of the molecule is O=C1CCC(C(=O)NCCc2c[nH]c3ccccc23)O1. The van der Waals surface area contributed by atoms with Crippen LogP contribution in [0.15, 0.2) is 30.5 Å². The monoisotopic (exact) mass is 272 g/mol. The van der Waals surface area contributed by atoms with Gasteiger partial charge < -0.3 is 15.0 Å². The van der Waals surface area contributed by atoms with Crippen molar-refractivity contribution in [3.8, 4) is 0 Å². The molecule has 0 saturated carbocycles. The minimum atomic E-state index is -0.606. The van der Waals surface area contributed by atoms with Crippen molar-refractivity contribution in [2.75, 3.05) is 6.54 Å². The fraction of sp³-hybridized carbons (Fsp3) is 0.333. The number of fused-ring (bicyclic) bond motifs is 1. The van der Waals surface area contributed by atoms with Gasteiger partial charge in [0.15, 0.2) is 6.10 Å². The van der Waals surface area contributed by atoms with Gasteiger partial charge in [0.25, 0.3) is 5.91 Å². The van der Waals surface area contributed by atoms with Crippen LogP contribution in [0.3, 0.4) is 0 Å². The number of amides is 1. The zero-order chi connectivity index (χ0) is 13.9. The van der Waals surface area contributed by atoms with Crippen LogP contribution in [0.1, 0.15) is 18.4 Å². The highest BCUT2D eigenvalue weighted by atomic mass is 16.6. The molecular weight excluding hydrogens is 256 g/mol. The summed E-state index contributed by atoms with van der Waals surface area (Å²) < 4.78 is 4.92. The van der Waals surface area contributed by atoms with Crippen molar-refractivity contribution < 1.29 is 14.3 Å². The van der Waals surface area contributed by atoms with E-state index in [0.29, 0.717) is 19.4 Å². The molecule has 0 bridgehead atoms. The third kappa shape index (κ3) is 2.52. The number of para-hydroxylation sites is 1. The smallest absolute Gasteiger partial charge is 0.306 e. The van der Waals surface area contributed by atoms with Crippen LogP contribution in [0.4, 0.5) is 0 Å². The highest BCUT2D eigenvalue weighted by molar-refractivity contribution is 5.86. The van der Waals surface area contributed by atoms with Gasteiger partial charge in [0.05, 0.1) is 0 Å². The number of hydrogen-bond donors (Lipinski definition) is 2. The molecule has 2 heterocycles. The third-order valence-electron chi connectivity index (χ3n) is 3.55. The molecule has 2 N–H and O–H groups in total. The number of hydrogen-bond acceptors (Lipinski definition) is 3. The molecule has 1 fully saturated rings. The van der Waals surface area contributed by atoms with E-state index in [1.54, 1.807) is 0 Å². The maximum absolute atomic E-state index is 11.8. The lowest BCUT2D eigenvalue weighted by Crippen LogP contribution is -2.35. The summed E-state index contributed by atoms with van der Waals surface area (Å²) in [4.78, 5) is 26.0. The summed E-state index contributed by atoms with van der Waals surface area (Å²) in [5.74, 6) is -0.488. The number of rotatable bonds is 4. The van der Waals surface area contributed by atoms with Crippen molar-refractivity contribution in [1.29, 1.82) is 0 Å². The van der Waals surface area contributed by atoms with Gasteiger partial charge in [-0.3, -0.25) is 9.59 Å². The van der Waals surface area contributed by atoms with Crippen molar-refractivity contribution in [2.45, 2.75) is 25.4 Å². The van der Waals surface area contributed by atoms with E-state index in [1.807, 2.05) is 24.4 Å². The van der Waals surface area contributed by atoms with E-state index in [1.165, 1.54) is 10.9 Å². The molecule has 1 aliphatic rings. The molecule has 1 aromatic heterocycles. The molecule has 1 amide bonds. The van der Waals surface area contributed by atoms with Crippen LogP contribution in [0.2, 0.25) is 0 Å². The zero-order valence-corrected chi connectivity index (χ0v) is 11.0. The van der Waals surface area contributed by atoms with Crippen molar-refractivity contribution in [3.05, 3.63) is 36.0 Å². The summed E-state index contributed by atoms with van der Waals surface area (Å²) in [6.07, 6.45) is 2.92. The average molecular weight is 272 g/mol. The Morgan fingerprint density at radius 1 is 1.40 bits per heavy atom. The maximum atomic E-state index is 11.8. The first-order valence-electron chi connectivity index (χ1n) is 6.76. The number of benzene rings is 1. The molecule has 1 saturated heterocycles. The molecule has 104 valence electrons. The Morgan fingerprint density at radius 2 is 2.25 bits per heavy atom. The van der Waals surface area contributed by atoms with Gasteiger partial charge >= 0.3 is 5.97 Å². The second-order valence-corrected chi connectivity index (χ2v) is 4.92. The van der Waals surface area contributed by atoms with E-state index in [4.69, 9.17) is 4.74 Å². The minimum Gasteiger partial charge on any atom is -0.452 e. The lowest BCUT2D eigenvalue weighted by molar-refractivity contribution is -0.148. The van der Waals surface area contributed by atoms with Crippen molar-refractivity contribution in [1.82, 2.24) is 10.3 Å². The average Bonchev–Trinajstić information content (AvgIpc) is 3.06. The Balaban J connectivity index is 1.55. The fourth-order valence-electron chi connectivity index (χ4n) is 2.48. The lowest BCUT2D eigenvalue weighted by atomic mass is 10.1. The molecule has 1 unspecified atom stereocenters. The van der Waals surface area contributed by atoms with Crippen molar-refractivity contribution in [2.24, 2.45) is 0 Å². The van der Waals surface area contributed by atoms with Crippen LogP contribution in [0.5, 0.6) is 0 Å². The second-order valence-electron chi connectivity index (χ2n) is 4.92. The highest BCUT2D eigenvalue weighted by Gasteiger charge is 2.29. The molecule has 0 spiro atoms. The first kappa shape index (κ1) is 12.7. The molecule has 20 heavy (non-hydrogen) atoms. The molecule has 0 radical (unpaired) electrons. The molecule has 1 aromatic carbocycles. The molecule has 0 aliphatic carbocycles. The Labute approximate surface area is 116 Å². The number of ether oxygens (including phenoxy) is 1. The fourth-order valence-corrected chi connectivity index (χ4v) is 2.48. The predicted molar refractivity (Wildman–Crippen MR) is 74.1 cm³/mol. The normalized spacial score (nSPS) is 18.2. The first-order valence-corrected chi connectivity index (χ1v) is 6.76. The van der Waals surface area contributed by atoms with Crippen LogP contribution in [0.25, 0.3) is 10.9 Å². The number of esters is 1. The number of nitrogens with one attached hydrogen (secondary N) is 2. The van der Waals surface area contributed by atoms with Gasteiger partial charge in [-0.1, -0.05) is 18.2 Å². The van der Waals surface area contributed by atoms with Crippen LogP contribution in [-0.4, -0.2) is 29.5 Å². The third-order valence-corrected chi connectivity index (χ3v) is 3.55. The van der Waals surface area contributed by atoms with E-state index in [-0.39, 0.29) is 11.9 Å². The quantitative estimate of drug-likeness (QED) is 0.829. The van der Waals surface area contributed by atoms with E-state index in [0.717, 1.165) is 11.9 Å². The van der Waals surface area contributed by atoms with Crippen LogP contribution in [0, 0.1) is 0 Å². The van der Waals surface area contributed by atoms with Gasteiger partial charge in [0.1, 0.15) is 0 Å². The molecule has 3 rings (SSSR count). The van der Waals surface area contributed by atoms with E-state index < -0.39 is 6.10 Å². The molecular formula is C15H16N2O3. The predicted octanol–water partition coefficient (Wildman–Crippen LogP) is 1.53. The summed E-state index contributed by atoms with van der Waals surface area (Å²) in [5.41, 5.74) is 2.27. The topological polar surface area (TPSA) is 71.2 Å². The van der Waals surface area contributed by atoms with Gasteiger partial charge in [-0.15, -0.1) is 0 Å². The molecule has 5 nitrogen and oxygen atoms in total. The van der Waals surface area contributed by atoms with Crippen LogP contribution >= 0.6 is 0 Å².